The van der Waals surface area contributed by atoms with E-state index in [1.165, 1.54) is 0 Å². The Balaban J connectivity index is 2.34. The minimum atomic E-state index is -0.188. The number of ether oxygens (including phenoxy) is 2. The number of alkyl halides is 1. The lowest BCUT2D eigenvalue weighted by molar-refractivity contribution is -0.124. The Morgan fingerprint density at radius 2 is 2.11 bits per heavy atom. The van der Waals surface area contributed by atoms with E-state index >= 15 is 0 Å². The van der Waals surface area contributed by atoms with Crippen LogP contribution < -0.4 is 10.1 Å². The van der Waals surface area contributed by atoms with Crippen molar-refractivity contribution in [2.24, 2.45) is 0 Å². The Labute approximate surface area is 120 Å². The molecule has 1 unspecified atom stereocenters. The number of hydrogen-bond acceptors (Lipinski definition) is 3. The number of amides is 1. The standard InChI is InChI=1S/C12H15BrClNO3/c1-17-7-10(6-13)15-12(16)8-18-11-4-2-9(14)3-5-11/h2-5,10H,6-8H2,1H3,(H,15,16). The molecular weight excluding hydrogens is 321 g/mol. The molecule has 4 nitrogen and oxygen atoms in total. The number of carbonyl (C=O) groups excluding carboxylic acids is 1. The zero-order chi connectivity index (χ0) is 13.4. The molecule has 0 aliphatic rings. The van der Waals surface area contributed by atoms with E-state index in [-0.39, 0.29) is 18.6 Å². The number of nitrogens with one attached hydrogen (secondary N) is 1. The van der Waals surface area contributed by atoms with Gasteiger partial charge in [-0.05, 0) is 24.3 Å². The molecule has 0 bridgehead atoms. The Morgan fingerprint density at radius 1 is 1.44 bits per heavy atom. The summed E-state index contributed by atoms with van der Waals surface area (Å²) in [6.07, 6.45) is 0. The van der Waals surface area contributed by atoms with Gasteiger partial charge in [0.05, 0.1) is 12.6 Å². The van der Waals surface area contributed by atoms with Crippen LogP contribution in [0.5, 0.6) is 5.75 Å². The third-order valence-electron chi connectivity index (χ3n) is 2.10. The van der Waals surface area contributed by atoms with E-state index in [0.29, 0.717) is 22.7 Å². The quantitative estimate of drug-likeness (QED) is 0.777. The van der Waals surface area contributed by atoms with Crippen LogP contribution in [0.3, 0.4) is 0 Å². The van der Waals surface area contributed by atoms with Crippen LogP contribution in [0.2, 0.25) is 5.02 Å². The molecular formula is C12H15BrClNO3. The van der Waals surface area contributed by atoms with Crippen molar-refractivity contribution < 1.29 is 14.3 Å². The monoisotopic (exact) mass is 335 g/mol. The lowest BCUT2D eigenvalue weighted by Gasteiger charge is -2.15. The van der Waals surface area contributed by atoms with Crippen LogP contribution in [-0.2, 0) is 9.53 Å². The van der Waals surface area contributed by atoms with Crippen molar-refractivity contribution in [1.82, 2.24) is 5.32 Å². The fourth-order valence-corrected chi connectivity index (χ4v) is 1.75. The average molecular weight is 337 g/mol. The summed E-state index contributed by atoms with van der Waals surface area (Å²) in [6, 6.07) is 6.79. The minimum absolute atomic E-state index is 0.0329. The van der Waals surface area contributed by atoms with Crippen molar-refractivity contribution in [1.29, 1.82) is 0 Å². The molecule has 1 N–H and O–H groups in total. The van der Waals surface area contributed by atoms with E-state index in [4.69, 9.17) is 21.1 Å². The van der Waals surface area contributed by atoms with Crippen LogP contribution in [-0.4, -0.2) is 37.6 Å². The van der Waals surface area contributed by atoms with Gasteiger partial charge in [0, 0.05) is 17.5 Å². The maximum Gasteiger partial charge on any atom is 0.258 e. The molecule has 1 amide bonds. The molecule has 100 valence electrons. The fraction of sp³-hybridized carbons (Fsp3) is 0.417. The fourth-order valence-electron chi connectivity index (χ4n) is 1.28. The van der Waals surface area contributed by atoms with E-state index < -0.39 is 0 Å². The van der Waals surface area contributed by atoms with Crippen molar-refractivity contribution >= 4 is 33.4 Å². The predicted octanol–water partition coefficient (Wildman–Crippen LogP) is 2.24. The van der Waals surface area contributed by atoms with Gasteiger partial charge >= 0.3 is 0 Å². The van der Waals surface area contributed by atoms with Gasteiger partial charge in [0.2, 0.25) is 0 Å². The molecule has 0 aliphatic heterocycles. The smallest absolute Gasteiger partial charge is 0.258 e. The maximum absolute atomic E-state index is 11.6. The van der Waals surface area contributed by atoms with E-state index in [2.05, 4.69) is 21.2 Å². The van der Waals surface area contributed by atoms with Crippen LogP contribution in [0, 0.1) is 0 Å². The van der Waals surface area contributed by atoms with Gasteiger partial charge in [-0.1, -0.05) is 27.5 Å². The van der Waals surface area contributed by atoms with Gasteiger partial charge in [0.25, 0.3) is 5.91 Å². The Kier molecular flexibility index (Phi) is 7.08. The summed E-state index contributed by atoms with van der Waals surface area (Å²) in [5.41, 5.74) is 0. The van der Waals surface area contributed by atoms with Gasteiger partial charge in [-0.25, -0.2) is 0 Å². The number of halogens is 2. The topological polar surface area (TPSA) is 47.6 Å². The van der Waals surface area contributed by atoms with Gasteiger partial charge in [-0.15, -0.1) is 0 Å². The summed E-state index contributed by atoms with van der Waals surface area (Å²) >= 11 is 9.04. The van der Waals surface area contributed by atoms with Gasteiger partial charge in [-0.3, -0.25) is 4.79 Å². The van der Waals surface area contributed by atoms with E-state index in [9.17, 15) is 4.79 Å². The van der Waals surface area contributed by atoms with Crippen LogP contribution >= 0.6 is 27.5 Å². The predicted molar refractivity (Wildman–Crippen MR) is 74.5 cm³/mol. The van der Waals surface area contributed by atoms with E-state index in [1.54, 1.807) is 31.4 Å². The Morgan fingerprint density at radius 3 is 2.67 bits per heavy atom. The Hall–Kier alpha value is -0.780. The second-order valence-corrected chi connectivity index (χ2v) is 4.70. The van der Waals surface area contributed by atoms with Gasteiger partial charge in [0.15, 0.2) is 6.61 Å². The largest absolute Gasteiger partial charge is 0.484 e. The zero-order valence-corrected chi connectivity index (χ0v) is 12.3. The minimum Gasteiger partial charge on any atom is -0.484 e. The van der Waals surface area contributed by atoms with Crippen molar-refractivity contribution in [2.75, 3.05) is 25.7 Å². The molecule has 1 aromatic carbocycles. The number of hydrogen-bond donors (Lipinski definition) is 1. The number of carbonyl (C=O) groups is 1. The molecule has 0 spiro atoms. The first-order valence-electron chi connectivity index (χ1n) is 5.38. The normalized spacial score (nSPS) is 11.9. The lowest BCUT2D eigenvalue weighted by atomic mass is 10.3. The molecule has 0 radical (unpaired) electrons. The van der Waals surface area contributed by atoms with Crippen LogP contribution in [0.15, 0.2) is 24.3 Å². The molecule has 18 heavy (non-hydrogen) atoms. The number of benzene rings is 1. The first kappa shape index (κ1) is 15.3. The zero-order valence-electron chi connectivity index (χ0n) is 9.99. The SMILES string of the molecule is COCC(CBr)NC(=O)COc1ccc(Cl)cc1. The molecule has 1 aromatic rings. The average Bonchev–Trinajstić information content (AvgIpc) is 2.37. The molecule has 1 rings (SSSR count). The van der Waals surface area contributed by atoms with Gasteiger partial charge in [-0.2, -0.15) is 0 Å². The lowest BCUT2D eigenvalue weighted by Crippen LogP contribution is -2.41. The summed E-state index contributed by atoms with van der Waals surface area (Å²) in [6.45, 7) is 0.423. The van der Waals surface area contributed by atoms with Crippen molar-refractivity contribution in [3.8, 4) is 5.75 Å². The molecule has 0 aromatic heterocycles. The van der Waals surface area contributed by atoms with Crippen LogP contribution in [0.25, 0.3) is 0 Å². The number of methoxy groups -OCH3 is 1. The molecule has 6 heteroatoms. The highest BCUT2D eigenvalue weighted by Crippen LogP contribution is 2.15. The van der Waals surface area contributed by atoms with Gasteiger partial charge in [0.1, 0.15) is 5.75 Å². The molecule has 0 saturated heterocycles. The highest BCUT2D eigenvalue weighted by molar-refractivity contribution is 9.09. The Bertz CT molecular complexity index is 372. The van der Waals surface area contributed by atoms with Crippen LogP contribution in [0.4, 0.5) is 0 Å². The molecule has 0 saturated carbocycles. The van der Waals surface area contributed by atoms with Crippen molar-refractivity contribution in [3.63, 3.8) is 0 Å². The van der Waals surface area contributed by atoms with Gasteiger partial charge < -0.3 is 14.8 Å². The molecule has 1 atom stereocenters. The third kappa shape index (κ3) is 5.71. The van der Waals surface area contributed by atoms with Crippen molar-refractivity contribution in [2.45, 2.75) is 6.04 Å². The van der Waals surface area contributed by atoms with E-state index in [1.807, 2.05) is 0 Å². The summed E-state index contributed by atoms with van der Waals surface area (Å²) in [7, 11) is 1.59. The van der Waals surface area contributed by atoms with E-state index in [0.717, 1.165) is 0 Å². The third-order valence-corrected chi connectivity index (χ3v) is 3.14. The highest BCUT2D eigenvalue weighted by atomic mass is 79.9. The highest BCUT2D eigenvalue weighted by Gasteiger charge is 2.11. The first-order chi connectivity index (χ1) is 8.65. The number of rotatable bonds is 7. The second kappa shape index (κ2) is 8.34. The first-order valence-corrected chi connectivity index (χ1v) is 6.88. The molecule has 0 aliphatic carbocycles. The summed E-state index contributed by atoms with van der Waals surface area (Å²) in [5, 5.41) is 4.05. The molecule has 0 heterocycles. The van der Waals surface area contributed by atoms with Crippen LogP contribution in [0.1, 0.15) is 0 Å². The summed E-state index contributed by atoms with van der Waals surface area (Å²) in [4.78, 5) is 11.6. The molecule has 0 fully saturated rings. The maximum atomic E-state index is 11.6. The summed E-state index contributed by atoms with van der Waals surface area (Å²) in [5.74, 6) is 0.420. The van der Waals surface area contributed by atoms with Crippen molar-refractivity contribution in [3.05, 3.63) is 29.3 Å². The second-order valence-electron chi connectivity index (χ2n) is 3.62. The summed E-state index contributed by atoms with van der Waals surface area (Å²) < 4.78 is 10.3.